The maximum atomic E-state index is 12.3. The maximum absolute atomic E-state index is 12.3. The minimum Gasteiger partial charge on any atom is -0.349 e. The first-order valence-electron chi connectivity index (χ1n) is 9.39. The highest BCUT2D eigenvalue weighted by Gasteiger charge is 2.23. The van der Waals surface area contributed by atoms with E-state index in [1.165, 1.54) is 5.56 Å². The highest BCUT2D eigenvalue weighted by molar-refractivity contribution is 5.94. The van der Waals surface area contributed by atoms with Gasteiger partial charge in [-0.3, -0.25) is 4.79 Å². The molecule has 25 heavy (non-hydrogen) atoms. The second-order valence-corrected chi connectivity index (χ2v) is 6.93. The van der Waals surface area contributed by atoms with Crippen LogP contribution in [0.5, 0.6) is 0 Å². The van der Waals surface area contributed by atoms with E-state index < -0.39 is 0 Å². The van der Waals surface area contributed by atoms with Gasteiger partial charge in [0.25, 0.3) is 5.91 Å². The predicted molar refractivity (Wildman–Crippen MR) is 103 cm³/mol. The van der Waals surface area contributed by atoms with Gasteiger partial charge in [-0.2, -0.15) is 0 Å². The van der Waals surface area contributed by atoms with Gasteiger partial charge in [0.1, 0.15) is 0 Å². The van der Waals surface area contributed by atoms with E-state index in [0.717, 1.165) is 44.5 Å². The van der Waals surface area contributed by atoms with Crippen LogP contribution in [0.2, 0.25) is 0 Å². The third-order valence-electron chi connectivity index (χ3n) is 5.20. The van der Waals surface area contributed by atoms with Crippen LogP contribution in [0, 0.1) is 0 Å². The largest absolute Gasteiger partial charge is 0.349 e. The molecule has 1 aliphatic heterocycles. The van der Waals surface area contributed by atoms with Gasteiger partial charge in [0.05, 0.1) is 0 Å². The Kier molecular flexibility index (Phi) is 6.24. The Labute approximate surface area is 151 Å². The van der Waals surface area contributed by atoms with Crippen molar-refractivity contribution in [2.45, 2.75) is 38.1 Å². The van der Waals surface area contributed by atoms with Crippen LogP contribution in [0.25, 0.3) is 0 Å². The van der Waals surface area contributed by atoms with Gasteiger partial charge in [0, 0.05) is 31.2 Å². The summed E-state index contributed by atoms with van der Waals surface area (Å²) >= 11 is 0. The van der Waals surface area contributed by atoms with E-state index in [2.05, 4.69) is 47.5 Å². The minimum atomic E-state index is 0.0507. The van der Waals surface area contributed by atoms with Crippen molar-refractivity contribution in [2.24, 2.45) is 0 Å². The number of hydrogen-bond acceptors (Lipinski definition) is 2. The third-order valence-corrected chi connectivity index (χ3v) is 5.20. The molecule has 3 nitrogen and oxygen atoms in total. The van der Waals surface area contributed by atoms with Crippen LogP contribution in [-0.2, 0) is 0 Å². The summed E-state index contributed by atoms with van der Waals surface area (Å²) in [6.45, 7) is 5.50. The molecule has 2 aromatic carbocycles. The van der Waals surface area contributed by atoms with E-state index in [1.807, 2.05) is 30.3 Å². The van der Waals surface area contributed by atoms with Crippen LogP contribution in [0.4, 0.5) is 0 Å². The van der Waals surface area contributed by atoms with Gasteiger partial charge >= 0.3 is 0 Å². The second-order valence-electron chi connectivity index (χ2n) is 6.93. The van der Waals surface area contributed by atoms with Crippen LogP contribution in [-0.4, -0.2) is 36.5 Å². The molecule has 1 fully saturated rings. The summed E-state index contributed by atoms with van der Waals surface area (Å²) in [5.41, 5.74) is 2.18. The summed E-state index contributed by atoms with van der Waals surface area (Å²) < 4.78 is 0. The molecule has 0 spiro atoms. The average Bonchev–Trinajstić information content (AvgIpc) is 2.68. The molecule has 3 rings (SSSR count). The fourth-order valence-corrected chi connectivity index (χ4v) is 3.63. The smallest absolute Gasteiger partial charge is 0.251 e. The number of nitrogens with zero attached hydrogens (tertiary/aromatic N) is 1. The van der Waals surface area contributed by atoms with Crippen LogP contribution >= 0.6 is 0 Å². The fourth-order valence-electron chi connectivity index (χ4n) is 3.63. The first kappa shape index (κ1) is 17.7. The van der Waals surface area contributed by atoms with Crippen molar-refractivity contribution in [3.8, 4) is 0 Å². The molecular weight excluding hydrogens is 308 g/mol. The van der Waals surface area contributed by atoms with Gasteiger partial charge < -0.3 is 10.2 Å². The SMILES string of the molecule is CCC(CN1CCC(NC(=O)c2ccccc2)CC1)c1ccccc1. The number of carbonyl (C=O) groups is 1. The lowest BCUT2D eigenvalue weighted by molar-refractivity contribution is 0.0909. The van der Waals surface area contributed by atoms with E-state index in [4.69, 9.17) is 0 Å². The molecule has 0 aliphatic carbocycles. The van der Waals surface area contributed by atoms with Crippen LogP contribution < -0.4 is 5.32 Å². The monoisotopic (exact) mass is 336 g/mol. The van der Waals surface area contributed by atoms with E-state index in [1.54, 1.807) is 0 Å². The first-order chi connectivity index (χ1) is 12.3. The Hall–Kier alpha value is -2.13. The summed E-state index contributed by atoms with van der Waals surface area (Å²) in [4.78, 5) is 14.8. The molecule has 1 atom stereocenters. The summed E-state index contributed by atoms with van der Waals surface area (Å²) in [6, 6.07) is 20.6. The van der Waals surface area contributed by atoms with Gasteiger partial charge in [-0.25, -0.2) is 0 Å². The number of nitrogens with one attached hydrogen (secondary N) is 1. The van der Waals surface area contributed by atoms with Crippen LogP contribution in [0.3, 0.4) is 0 Å². The fraction of sp³-hybridized carbons (Fsp3) is 0.409. The van der Waals surface area contributed by atoms with E-state index in [0.29, 0.717) is 12.0 Å². The molecule has 1 saturated heterocycles. The molecule has 0 radical (unpaired) electrons. The van der Waals surface area contributed by atoms with Crippen molar-refractivity contribution in [2.75, 3.05) is 19.6 Å². The van der Waals surface area contributed by atoms with Crippen molar-refractivity contribution >= 4 is 5.91 Å². The second kappa shape index (κ2) is 8.82. The number of hydrogen-bond donors (Lipinski definition) is 1. The Morgan fingerprint density at radius 1 is 1.04 bits per heavy atom. The van der Waals surface area contributed by atoms with Gasteiger partial charge in [0.2, 0.25) is 0 Å². The van der Waals surface area contributed by atoms with Gasteiger partial charge in [-0.1, -0.05) is 55.5 Å². The Morgan fingerprint density at radius 2 is 1.64 bits per heavy atom. The van der Waals surface area contributed by atoms with Crippen LogP contribution in [0.1, 0.15) is 48.0 Å². The highest BCUT2D eigenvalue weighted by Crippen LogP contribution is 2.22. The standard InChI is InChI=1S/C22H28N2O/c1-2-18(19-9-5-3-6-10-19)17-24-15-13-21(14-16-24)23-22(25)20-11-7-4-8-12-20/h3-12,18,21H,2,13-17H2,1H3,(H,23,25). The number of benzene rings is 2. The zero-order valence-electron chi connectivity index (χ0n) is 15.0. The molecule has 1 amide bonds. The molecule has 1 N–H and O–H groups in total. The Balaban J connectivity index is 1.48. The molecule has 132 valence electrons. The predicted octanol–water partition coefficient (Wildman–Crippen LogP) is 4.07. The molecule has 1 aliphatic rings. The molecule has 3 heteroatoms. The number of amides is 1. The quantitative estimate of drug-likeness (QED) is 0.862. The average molecular weight is 336 g/mol. The van der Waals surface area contributed by atoms with E-state index in [-0.39, 0.29) is 5.91 Å². The number of carbonyl (C=O) groups excluding carboxylic acids is 1. The lowest BCUT2D eigenvalue weighted by Crippen LogP contribution is -2.45. The summed E-state index contributed by atoms with van der Waals surface area (Å²) in [6.07, 6.45) is 3.22. The van der Waals surface area contributed by atoms with Crippen molar-refractivity contribution in [1.29, 1.82) is 0 Å². The molecular formula is C22H28N2O. The third kappa shape index (κ3) is 4.93. The molecule has 0 bridgehead atoms. The molecule has 1 unspecified atom stereocenters. The zero-order valence-corrected chi connectivity index (χ0v) is 15.0. The zero-order chi connectivity index (χ0) is 17.5. The molecule has 0 aromatic heterocycles. The van der Waals surface area contributed by atoms with E-state index in [9.17, 15) is 4.79 Å². The van der Waals surface area contributed by atoms with E-state index >= 15 is 0 Å². The first-order valence-corrected chi connectivity index (χ1v) is 9.39. The number of piperidine rings is 1. The van der Waals surface area contributed by atoms with Crippen molar-refractivity contribution in [3.05, 3.63) is 71.8 Å². The summed E-state index contributed by atoms with van der Waals surface area (Å²) in [5, 5.41) is 3.19. The minimum absolute atomic E-state index is 0.0507. The molecule has 1 heterocycles. The summed E-state index contributed by atoms with van der Waals surface area (Å²) in [5.74, 6) is 0.645. The topological polar surface area (TPSA) is 32.3 Å². The Bertz CT molecular complexity index is 648. The lowest BCUT2D eigenvalue weighted by atomic mass is 9.94. The van der Waals surface area contributed by atoms with Crippen molar-refractivity contribution in [1.82, 2.24) is 10.2 Å². The summed E-state index contributed by atoms with van der Waals surface area (Å²) in [7, 11) is 0. The molecule has 2 aromatic rings. The van der Waals surface area contributed by atoms with Gasteiger partial charge in [-0.05, 0) is 42.9 Å². The van der Waals surface area contributed by atoms with Gasteiger partial charge in [0.15, 0.2) is 0 Å². The molecule has 0 saturated carbocycles. The number of likely N-dealkylation sites (tertiary alicyclic amines) is 1. The highest BCUT2D eigenvalue weighted by atomic mass is 16.1. The van der Waals surface area contributed by atoms with Crippen molar-refractivity contribution < 1.29 is 4.79 Å². The van der Waals surface area contributed by atoms with Crippen LogP contribution in [0.15, 0.2) is 60.7 Å². The van der Waals surface area contributed by atoms with Crippen molar-refractivity contribution in [3.63, 3.8) is 0 Å². The maximum Gasteiger partial charge on any atom is 0.251 e. The van der Waals surface area contributed by atoms with Gasteiger partial charge in [-0.15, -0.1) is 0 Å². The lowest BCUT2D eigenvalue weighted by Gasteiger charge is -2.34. The Morgan fingerprint density at radius 3 is 2.24 bits per heavy atom. The number of rotatable bonds is 6. The normalized spacial score (nSPS) is 17.2.